The van der Waals surface area contributed by atoms with E-state index in [1.165, 1.54) is 6.92 Å². The van der Waals surface area contributed by atoms with Crippen LogP contribution in [0.1, 0.15) is 13.0 Å². The maximum absolute atomic E-state index is 11.6. The number of nitrogens with two attached hydrogens (primary N) is 1. The van der Waals surface area contributed by atoms with Crippen LogP contribution < -0.4 is 5.73 Å². The van der Waals surface area contributed by atoms with Crippen molar-refractivity contribution < 1.29 is 37.6 Å². The zero-order valence-electron chi connectivity index (χ0n) is 13.8. The number of hydrogen-bond donors (Lipinski definition) is 4. The van der Waals surface area contributed by atoms with Gasteiger partial charge >= 0.3 is 16.1 Å². The Morgan fingerprint density at radius 2 is 2.30 bits per heavy atom. The fourth-order valence-electron chi connectivity index (χ4n) is 2.84. The topological polar surface area (TPSA) is 179 Å². The van der Waals surface area contributed by atoms with Gasteiger partial charge in [-0.3, -0.25) is 9.42 Å². The number of aliphatic hydroxyl groups is 1. The molecule has 1 aliphatic heterocycles. The standard InChI is InChI=1S/C12H15ClN4O8P2/c1-12(5-24-27(21,22)25-26(19)20)8(18)7(4-23-12)17-3-2-6-9(14)15-11(13)16-10(6)17/h2-3,7-8,18H,4-5H2,1H3,(H3-,14,15,16,19,20,21,22)/p+1. The molecule has 1 fully saturated rings. The smallest absolute Gasteiger partial charge is 0.388 e. The lowest BCUT2D eigenvalue weighted by atomic mass is 9.97. The Balaban J connectivity index is 1.81. The number of hydrogen-bond acceptors (Lipinski definition) is 9. The first kappa shape index (κ1) is 20.5. The van der Waals surface area contributed by atoms with Gasteiger partial charge in [0, 0.05) is 10.8 Å². The Morgan fingerprint density at radius 1 is 1.59 bits per heavy atom. The van der Waals surface area contributed by atoms with Gasteiger partial charge in [0.25, 0.3) is 0 Å². The molecule has 3 rings (SSSR count). The lowest BCUT2D eigenvalue weighted by molar-refractivity contribution is -0.0760. The highest BCUT2D eigenvalue weighted by molar-refractivity contribution is 7.55. The van der Waals surface area contributed by atoms with Gasteiger partial charge in [0.2, 0.25) is 5.28 Å². The second-order valence-electron chi connectivity index (χ2n) is 6.04. The first-order chi connectivity index (χ1) is 12.5. The number of rotatable bonds is 6. The first-order valence-corrected chi connectivity index (χ1v) is 10.5. The molecule has 0 aromatic carbocycles. The van der Waals surface area contributed by atoms with Crippen LogP contribution in [-0.2, 0) is 22.7 Å². The Labute approximate surface area is 158 Å². The molecule has 0 spiro atoms. The number of nitrogens with zero attached hydrogens (tertiary/aromatic N) is 3. The third-order valence-corrected chi connectivity index (χ3v) is 6.20. The van der Waals surface area contributed by atoms with Gasteiger partial charge in [0.15, 0.2) is 0 Å². The predicted molar refractivity (Wildman–Crippen MR) is 93.0 cm³/mol. The minimum absolute atomic E-state index is 0.0250. The number of halogens is 1. The van der Waals surface area contributed by atoms with Crippen LogP contribution in [0.4, 0.5) is 5.82 Å². The zero-order chi connectivity index (χ0) is 20.0. The van der Waals surface area contributed by atoms with Gasteiger partial charge in [-0.2, -0.15) is 4.98 Å². The van der Waals surface area contributed by atoms with Crippen molar-refractivity contribution >= 4 is 44.5 Å². The van der Waals surface area contributed by atoms with E-state index < -0.39 is 40.4 Å². The molecule has 12 nitrogen and oxygen atoms in total. The van der Waals surface area contributed by atoms with Crippen molar-refractivity contribution in [3.8, 4) is 0 Å². The van der Waals surface area contributed by atoms with E-state index in [0.717, 1.165) is 0 Å². The lowest BCUT2D eigenvalue weighted by Gasteiger charge is -2.28. The van der Waals surface area contributed by atoms with E-state index in [0.29, 0.717) is 11.0 Å². The van der Waals surface area contributed by atoms with E-state index in [4.69, 9.17) is 27.0 Å². The summed E-state index contributed by atoms with van der Waals surface area (Å²) >= 11 is 5.85. The average Bonchev–Trinajstić information content (AvgIpc) is 3.07. The van der Waals surface area contributed by atoms with Gasteiger partial charge in [-0.1, -0.05) is 0 Å². The molecule has 2 aromatic heterocycles. The summed E-state index contributed by atoms with van der Waals surface area (Å²) in [5.41, 5.74) is 4.80. The van der Waals surface area contributed by atoms with Gasteiger partial charge < -0.3 is 20.1 Å². The molecule has 3 heterocycles. The molecule has 148 valence electrons. The summed E-state index contributed by atoms with van der Waals surface area (Å²) in [6, 6.07) is 1.03. The minimum atomic E-state index is -4.79. The normalized spacial score (nSPS) is 28.4. The van der Waals surface area contributed by atoms with Gasteiger partial charge in [-0.25, -0.2) is 9.55 Å². The van der Waals surface area contributed by atoms with Crippen LogP contribution in [0.5, 0.6) is 0 Å². The van der Waals surface area contributed by atoms with Crippen molar-refractivity contribution in [2.75, 3.05) is 18.9 Å². The molecule has 0 amide bonds. The molecular weight excluding hydrogens is 426 g/mol. The summed E-state index contributed by atoms with van der Waals surface area (Å²) in [6.45, 7) is 0.911. The van der Waals surface area contributed by atoms with Gasteiger partial charge in [0.1, 0.15) is 23.2 Å². The van der Waals surface area contributed by atoms with Crippen LogP contribution in [0.3, 0.4) is 0 Å². The molecule has 5 atom stereocenters. The quantitative estimate of drug-likeness (QED) is 0.373. The Hall–Kier alpha value is -1.20. The van der Waals surface area contributed by atoms with E-state index in [-0.39, 0.29) is 17.7 Å². The molecule has 1 saturated heterocycles. The van der Waals surface area contributed by atoms with Crippen molar-refractivity contribution in [3.63, 3.8) is 0 Å². The van der Waals surface area contributed by atoms with Gasteiger partial charge in [0.05, 0.1) is 24.6 Å². The second kappa shape index (κ2) is 7.32. The van der Waals surface area contributed by atoms with E-state index in [2.05, 4.69) is 18.8 Å². The van der Waals surface area contributed by atoms with E-state index in [1.54, 1.807) is 16.8 Å². The maximum atomic E-state index is 11.6. The summed E-state index contributed by atoms with van der Waals surface area (Å²) in [4.78, 5) is 25.9. The molecule has 0 bridgehead atoms. The number of aliphatic hydroxyl groups excluding tert-OH is 1. The molecule has 2 aromatic rings. The number of fused-ring (bicyclic) bond motifs is 1. The number of aromatic nitrogens is 3. The number of phosphoric acid groups is 1. The van der Waals surface area contributed by atoms with Crippen molar-refractivity contribution in [3.05, 3.63) is 17.5 Å². The number of anilines is 1. The lowest BCUT2D eigenvalue weighted by Crippen LogP contribution is -2.43. The molecule has 0 radical (unpaired) electrons. The summed E-state index contributed by atoms with van der Waals surface area (Å²) in [6.07, 6.45) is 0.442. The van der Waals surface area contributed by atoms with E-state index in [9.17, 15) is 19.1 Å². The predicted octanol–water partition coefficient (Wildman–Crippen LogP) is 1.14. The second-order valence-corrected chi connectivity index (χ2v) is 8.70. The Morgan fingerprint density at radius 3 is 2.96 bits per heavy atom. The molecule has 5 unspecified atom stereocenters. The van der Waals surface area contributed by atoms with Crippen LogP contribution in [0.15, 0.2) is 12.3 Å². The highest BCUT2D eigenvalue weighted by atomic mass is 35.5. The van der Waals surface area contributed by atoms with Gasteiger partial charge in [-0.15, -0.1) is 4.89 Å². The summed E-state index contributed by atoms with van der Waals surface area (Å²) in [5, 5.41) is 11.2. The van der Waals surface area contributed by atoms with Crippen LogP contribution >= 0.6 is 27.7 Å². The maximum Gasteiger partial charge on any atom is 0.705 e. The third kappa shape index (κ3) is 4.14. The number of ether oxygens (including phenoxy) is 1. The fraction of sp³-hybridized carbons (Fsp3) is 0.500. The van der Waals surface area contributed by atoms with Crippen molar-refractivity contribution in [1.82, 2.24) is 14.5 Å². The Kier molecular flexibility index (Phi) is 5.57. The van der Waals surface area contributed by atoms with Crippen LogP contribution in [-0.4, -0.2) is 54.3 Å². The monoisotopic (exact) mass is 441 g/mol. The highest BCUT2D eigenvalue weighted by Gasteiger charge is 2.49. The molecule has 15 heteroatoms. The SMILES string of the molecule is CC1(COP(=O)(O)O[P+](=O)O)OCC(n2ccc3c(N)nc(Cl)nc32)C1O. The zero-order valence-corrected chi connectivity index (χ0v) is 16.3. The van der Waals surface area contributed by atoms with Crippen LogP contribution in [0.25, 0.3) is 11.0 Å². The average molecular weight is 442 g/mol. The van der Waals surface area contributed by atoms with Crippen molar-refractivity contribution in [1.29, 1.82) is 0 Å². The molecule has 0 aliphatic carbocycles. The molecule has 5 N–H and O–H groups in total. The summed E-state index contributed by atoms with van der Waals surface area (Å²) in [7, 11) is -8.13. The number of nitrogen functional groups attached to an aromatic ring is 1. The van der Waals surface area contributed by atoms with E-state index >= 15 is 0 Å². The largest absolute Gasteiger partial charge is 0.705 e. The third-order valence-electron chi connectivity index (χ3n) is 4.19. The van der Waals surface area contributed by atoms with Crippen LogP contribution in [0, 0.1) is 0 Å². The fourth-order valence-corrected chi connectivity index (χ4v) is 4.32. The molecule has 1 aliphatic rings. The van der Waals surface area contributed by atoms with Crippen molar-refractivity contribution in [2.45, 2.75) is 24.7 Å². The van der Waals surface area contributed by atoms with Crippen LogP contribution in [0.2, 0.25) is 5.28 Å². The van der Waals surface area contributed by atoms with E-state index in [1.807, 2.05) is 0 Å². The number of phosphoric ester groups is 1. The Bertz CT molecular complexity index is 942. The minimum Gasteiger partial charge on any atom is -0.388 e. The first-order valence-electron chi connectivity index (χ1n) is 7.47. The summed E-state index contributed by atoms with van der Waals surface area (Å²) < 4.78 is 37.9. The molecule has 0 saturated carbocycles. The van der Waals surface area contributed by atoms with Gasteiger partial charge in [-0.05, 0) is 28.9 Å². The summed E-state index contributed by atoms with van der Waals surface area (Å²) in [5.74, 6) is 0.180. The molecule has 27 heavy (non-hydrogen) atoms. The molecular formula is C12H16ClN4O8P2+. The van der Waals surface area contributed by atoms with Crippen molar-refractivity contribution in [2.24, 2.45) is 0 Å². The highest BCUT2D eigenvalue weighted by Crippen LogP contribution is 2.52.